The Morgan fingerprint density at radius 3 is 2.73 bits per heavy atom. The molecule has 0 unspecified atom stereocenters. The topological polar surface area (TPSA) is 63.8 Å². The SMILES string of the molecule is C=CCOc1cc(Br)c(/C=N\OCc2ccccc2C#N)cc1OCC. The summed E-state index contributed by atoms with van der Waals surface area (Å²) in [5.41, 5.74) is 2.15. The second-order valence-corrected chi connectivity index (χ2v) is 5.98. The summed E-state index contributed by atoms with van der Waals surface area (Å²) in [6.45, 7) is 6.68. The minimum absolute atomic E-state index is 0.219. The van der Waals surface area contributed by atoms with Crippen LogP contribution in [0.15, 0.2) is 58.7 Å². The van der Waals surface area contributed by atoms with E-state index in [0.717, 1.165) is 15.6 Å². The maximum Gasteiger partial charge on any atom is 0.162 e. The highest BCUT2D eigenvalue weighted by molar-refractivity contribution is 9.10. The molecule has 6 heteroatoms. The number of nitrogens with zero attached hydrogens (tertiary/aromatic N) is 2. The summed E-state index contributed by atoms with van der Waals surface area (Å²) in [5, 5.41) is 13.1. The number of nitriles is 1. The number of oxime groups is 1. The van der Waals surface area contributed by atoms with E-state index in [-0.39, 0.29) is 6.61 Å². The van der Waals surface area contributed by atoms with E-state index in [1.165, 1.54) is 0 Å². The molecule has 5 nitrogen and oxygen atoms in total. The molecule has 0 amide bonds. The fourth-order valence-electron chi connectivity index (χ4n) is 2.14. The van der Waals surface area contributed by atoms with E-state index in [4.69, 9.17) is 19.6 Å². The van der Waals surface area contributed by atoms with Crippen molar-refractivity contribution in [3.8, 4) is 17.6 Å². The van der Waals surface area contributed by atoms with Gasteiger partial charge in [-0.1, -0.05) is 36.0 Å². The zero-order chi connectivity index (χ0) is 18.8. The van der Waals surface area contributed by atoms with Crippen molar-refractivity contribution in [2.75, 3.05) is 13.2 Å². The molecule has 0 aliphatic carbocycles. The van der Waals surface area contributed by atoms with Crippen molar-refractivity contribution in [1.82, 2.24) is 0 Å². The van der Waals surface area contributed by atoms with Gasteiger partial charge in [-0.2, -0.15) is 5.26 Å². The van der Waals surface area contributed by atoms with Crippen LogP contribution in [0.25, 0.3) is 0 Å². The average Bonchev–Trinajstić information content (AvgIpc) is 2.66. The molecule has 0 fully saturated rings. The molecule has 2 rings (SSSR count). The molecule has 0 bridgehead atoms. The largest absolute Gasteiger partial charge is 0.490 e. The van der Waals surface area contributed by atoms with Crippen LogP contribution in [0.2, 0.25) is 0 Å². The Bertz CT molecular complexity index is 828. The molecule has 0 heterocycles. The van der Waals surface area contributed by atoms with E-state index in [1.807, 2.05) is 37.3 Å². The Morgan fingerprint density at radius 2 is 2.00 bits per heavy atom. The minimum Gasteiger partial charge on any atom is -0.490 e. The first-order chi connectivity index (χ1) is 12.7. The molecule has 0 spiro atoms. The molecule has 2 aromatic rings. The number of hydrogen-bond acceptors (Lipinski definition) is 5. The molecular weight excluding hydrogens is 396 g/mol. The molecule has 2 aromatic carbocycles. The van der Waals surface area contributed by atoms with Crippen molar-refractivity contribution in [1.29, 1.82) is 5.26 Å². The Kier molecular flexibility index (Phi) is 7.72. The van der Waals surface area contributed by atoms with Gasteiger partial charge in [0.2, 0.25) is 0 Å². The molecule has 0 aliphatic rings. The Balaban J connectivity index is 2.10. The quantitative estimate of drug-likeness (QED) is 0.334. The molecule has 0 N–H and O–H groups in total. The van der Waals surface area contributed by atoms with Gasteiger partial charge in [0, 0.05) is 15.6 Å². The van der Waals surface area contributed by atoms with Crippen LogP contribution in [-0.2, 0) is 11.4 Å². The van der Waals surface area contributed by atoms with Gasteiger partial charge in [0.15, 0.2) is 11.5 Å². The van der Waals surface area contributed by atoms with Crippen LogP contribution in [0, 0.1) is 11.3 Å². The standard InChI is InChI=1S/C20H19BrN2O3/c1-3-9-25-20-11-18(21)17(10-19(20)24-4-2)13-23-26-14-16-8-6-5-7-15(16)12-22/h3,5-8,10-11,13H,1,4,9,14H2,2H3/b23-13-. The van der Waals surface area contributed by atoms with Gasteiger partial charge < -0.3 is 14.3 Å². The van der Waals surface area contributed by atoms with Crippen molar-refractivity contribution < 1.29 is 14.3 Å². The maximum absolute atomic E-state index is 9.08. The first-order valence-electron chi connectivity index (χ1n) is 8.03. The first kappa shape index (κ1) is 19.5. The van der Waals surface area contributed by atoms with Crippen molar-refractivity contribution in [3.63, 3.8) is 0 Å². The van der Waals surface area contributed by atoms with E-state index >= 15 is 0 Å². The molecule has 0 aliphatic heterocycles. The van der Waals surface area contributed by atoms with Gasteiger partial charge in [-0.05, 0) is 41.1 Å². The summed E-state index contributed by atoms with van der Waals surface area (Å²) in [7, 11) is 0. The van der Waals surface area contributed by atoms with Gasteiger partial charge in [-0.15, -0.1) is 0 Å². The molecule has 0 radical (unpaired) electrons. The average molecular weight is 415 g/mol. The lowest BCUT2D eigenvalue weighted by molar-refractivity contribution is 0.132. The Hall–Kier alpha value is -2.78. The van der Waals surface area contributed by atoms with Gasteiger partial charge in [0.25, 0.3) is 0 Å². The monoisotopic (exact) mass is 414 g/mol. The number of rotatable bonds is 9. The summed E-state index contributed by atoms with van der Waals surface area (Å²) in [4.78, 5) is 5.33. The number of halogens is 1. The van der Waals surface area contributed by atoms with Crippen molar-refractivity contribution in [2.45, 2.75) is 13.5 Å². The van der Waals surface area contributed by atoms with E-state index < -0.39 is 0 Å². The second kappa shape index (κ2) is 10.3. The number of ether oxygens (including phenoxy) is 2. The molecule has 0 aromatic heterocycles. The van der Waals surface area contributed by atoms with Crippen LogP contribution in [0.3, 0.4) is 0 Å². The highest BCUT2D eigenvalue weighted by atomic mass is 79.9. The summed E-state index contributed by atoms with van der Waals surface area (Å²) in [5.74, 6) is 1.24. The zero-order valence-electron chi connectivity index (χ0n) is 14.4. The summed E-state index contributed by atoms with van der Waals surface area (Å²) in [6, 6.07) is 13.0. The third kappa shape index (κ3) is 5.36. The van der Waals surface area contributed by atoms with Gasteiger partial charge in [-0.3, -0.25) is 0 Å². The molecular formula is C20H19BrN2O3. The third-order valence-electron chi connectivity index (χ3n) is 3.34. The van der Waals surface area contributed by atoms with Crippen LogP contribution in [0.1, 0.15) is 23.6 Å². The van der Waals surface area contributed by atoms with E-state index in [0.29, 0.717) is 30.3 Å². The summed E-state index contributed by atoms with van der Waals surface area (Å²) in [6.07, 6.45) is 3.25. The predicted octanol–water partition coefficient (Wildman–Crippen LogP) is 4.83. The summed E-state index contributed by atoms with van der Waals surface area (Å²) >= 11 is 3.49. The van der Waals surface area contributed by atoms with Gasteiger partial charge in [0.05, 0.1) is 24.5 Å². The van der Waals surface area contributed by atoms with Gasteiger partial charge in [-0.25, -0.2) is 0 Å². The lowest BCUT2D eigenvalue weighted by Crippen LogP contribution is -2.00. The van der Waals surface area contributed by atoms with Gasteiger partial charge in [0.1, 0.15) is 13.2 Å². The Labute approximate surface area is 161 Å². The number of benzene rings is 2. The maximum atomic E-state index is 9.08. The highest BCUT2D eigenvalue weighted by Crippen LogP contribution is 2.33. The fourth-order valence-corrected chi connectivity index (χ4v) is 2.56. The van der Waals surface area contributed by atoms with Crippen LogP contribution >= 0.6 is 15.9 Å². The number of hydrogen-bond donors (Lipinski definition) is 0. The predicted molar refractivity (Wildman–Crippen MR) is 105 cm³/mol. The van der Waals surface area contributed by atoms with Crippen LogP contribution in [0.4, 0.5) is 0 Å². The zero-order valence-corrected chi connectivity index (χ0v) is 16.0. The van der Waals surface area contributed by atoms with Crippen LogP contribution in [0.5, 0.6) is 11.5 Å². The van der Waals surface area contributed by atoms with Gasteiger partial charge >= 0.3 is 0 Å². The third-order valence-corrected chi connectivity index (χ3v) is 4.03. The fraction of sp³-hybridized carbons (Fsp3) is 0.200. The van der Waals surface area contributed by atoms with Crippen LogP contribution < -0.4 is 9.47 Å². The highest BCUT2D eigenvalue weighted by Gasteiger charge is 2.10. The van der Waals surface area contributed by atoms with E-state index in [1.54, 1.807) is 18.4 Å². The van der Waals surface area contributed by atoms with E-state index in [9.17, 15) is 0 Å². The first-order valence-corrected chi connectivity index (χ1v) is 8.82. The Morgan fingerprint density at radius 1 is 1.23 bits per heavy atom. The van der Waals surface area contributed by atoms with Crippen molar-refractivity contribution >= 4 is 22.1 Å². The lowest BCUT2D eigenvalue weighted by Gasteiger charge is -2.12. The molecule has 26 heavy (non-hydrogen) atoms. The van der Waals surface area contributed by atoms with Crippen molar-refractivity contribution in [3.05, 3.63) is 70.2 Å². The molecule has 0 atom stereocenters. The summed E-state index contributed by atoms with van der Waals surface area (Å²) < 4.78 is 12.0. The normalized spacial score (nSPS) is 10.3. The second-order valence-electron chi connectivity index (χ2n) is 5.13. The van der Waals surface area contributed by atoms with Crippen LogP contribution in [-0.4, -0.2) is 19.4 Å². The lowest BCUT2D eigenvalue weighted by atomic mass is 10.1. The minimum atomic E-state index is 0.219. The van der Waals surface area contributed by atoms with Crippen molar-refractivity contribution in [2.24, 2.45) is 5.16 Å². The molecule has 0 saturated heterocycles. The molecule has 0 saturated carbocycles. The smallest absolute Gasteiger partial charge is 0.162 e. The van der Waals surface area contributed by atoms with E-state index in [2.05, 4.69) is 33.7 Å². The molecule has 134 valence electrons.